The van der Waals surface area contributed by atoms with E-state index in [0.717, 1.165) is 33.0 Å². The second-order valence-corrected chi connectivity index (χ2v) is 6.37. The quantitative estimate of drug-likeness (QED) is 0.435. The molecule has 0 radical (unpaired) electrons. The fourth-order valence-electron chi connectivity index (χ4n) is 3.13. The van der Waals surface area contributed by atoms with Gasteiger partial charge >= 0.3 is 0 Å². The molecule has 0 fully saturated rings. The Kier molecular flexibility index (Phi) is 5.96. The zero-order chi connectivity index (χ0) is 18.5. The molecule has 0 aliphatic carbocycles. The lowest BCUT2D eigenvalue weighted by atomic mass is 9.96. The van der Waals surface area contributed by atoms with Gasteiger partial charge in [0.25, 0.3) is 0 Å². The smallest absolute Gasteiger partial charge is 0.135 e. The van der Waals surface area contributed by atoms with E-state index in [-0.39, 0.29) is 0 Å². The fraction of sp³-hybridized carbons (Fsp3) is 0.364. The Morgan fingerprint density at radius 1 is 0.615 bits per heavy atom. The van der Waals surface area contributed by atoms with Crippen LogP contribution in [0.4, 0.5) is 0 Å². The summed E-state index contributed by atoms with van der Waals surface area (Å²) in [5.74, 6) is 1.77. The Hall–Kier alpha value is -2.30. The number of ether oxygens (including phenoxy) is 4. The molecule has 3 aromatic rings. The van der Waals surface area contributed by atoms with Crippen molar-refractivity contribution >= 4 is 21.5 Å². The summed E-state index contributed by atoms with van der Waals surface area (Å²) in [6.07, 6.45) is 0. The number of hydrogen-bond donors (Lipinski definition) is 0. The van der Waals surface area contributed by atoms with E-state index < -0.39 is 0 Å². The third-order valence-corrected chi connectivity index (χ3v) is 4.61. The van der Waals surface area contributed by atoms with Gasteiger partial charge < -0.3 is 18.9 Å². The normalized spacial score (nSPS) is 11.2. The van der Waals surface area contributed by atoms with Gasteiger partial charge in [-0.2, -0.15) is 0 Å². The molecular formula is C22H26O4. The van der Waals surface area contributed by atoms with Gasteiger partial charge in [-0.15, -0.1) is 0 Å². The lowest BCUT2D eigenvalue weighted by molar-refractivity contribution is 0.147. The van der Waals surface area contributed by atoms with E-state index in [0.29, 0.717) is 26.4 Å². The summed E-state index contributed by atoms with van der Waals surface area (Å²) < 4.78 is 22.6. The molecule has 0 aliphatic rings. The SMILES string of the molecule is COCCOc1c2ccccc2c(OCCOC)c2cc(C)c(C)cc12. The van der Waals surface area contributed by atoms with Gasteiger partial charge in [0.1, 0.15) is 24.7 Å². The van der Waals surface area contributed by atoms with Crippen molar-refractivity contribution in [2.24, 2.45) is 0 Å². The summed E-state index contributed by atoms with van der Waals surface area (Å²) in [7, 11) is 3.36. The van der Waals surface area contributed by atoms with Gasteiger partial charge in [0.05, 0.1) is 13.2 Å². The largest absolute Gasteiger partial charge is 0.490 e. The molecule has 0 amide bonds. The van der Waals surface area contributed by atoms with Crippen molar-refractivity contribution in [1.29, 1.82) is 0 Å². The molecule has 138 valence electrons. The van der Waals surface area contributed by atoms with Crippen LogP contribution < -0.4 is 9.47 Å². The van der Waals surface area contributed by atoms with E-state index in [2.05, 4.69) is 38.1 Å². The Labute approximate surface area is 154 Å². The zero-order valence-electron chi connectivity index (χ0n) is 15.9. The maximum absolute atomic E-state index is 6.14. The Bertz CT molecular complexity index is 828. The lowest BCUT2D eigenvalue weighted by Crippen LogP contribution is -2.07. The Morgan fingerprint density at radius 3 is 1.42 bits per heavy atom. The molecule has 0 bridgehead atoms. The molecule has 0 aliphatic heterocycles. The average Bonchev–Trinajstić information content (AvgIpc) is 2.65. The molecule has 0 saturated heterocycles. The fourth-order valence-corrected chi connectivity index (χ4v) is 3.13. The highest BCUT2D eigenvalue weighted by molar-refractivity contribution is 6.11. The van der Waals surface area contributed by atoms with Gasteiger partial charge in [0.15, 0.2) is 0 Å². The second kappa shape index (κ2) is 8.39. The van der Waals surface area contributed by atoms with Crippen molar-refractivity contribution in [2.75, 3.05) is 40.6 Å². The van der Waals surface area contributed by atoms with E-state index in [1.54, 1.807) is 14.2 Å². The van der Waals surface area contributed by atoms with E-state index in [1.165, 1.54) is 11.1 Å². The van der Waals surface area contributed by atoms with Crippen LogP contribution in [0.1, 0.15) is 11.1 Å². The van der Waals surface area contributed by atoms with Crippen LogP contribution in [-0.4, -0.2) is 40.6 Å². The highest BCUT2D eigenvalue weighted by atomic mass is 16.5. The molecule has 0 saturated carbocycles. The maximum Gasteiger partial charge on any atom is 0.135 e. The minimum Gasteiger partial charge on any atom is -0.490 e. The first-order chi connectivity index (χ1) is 12.7. The van der Waals surface area contributed by atoms with Gasteiger partial charge in [-0.05, 0) is 37.1 Å². The van der Waals surface area contributed by atoms with Crippen LogP contribution in [0, 0.1) is 13.8 Å². The van der Waals surface area contributed by atoms with Crippen molar-refractivity contribution in [1.82, 2.24) is 0 Å². The van der Waals surface area contributed by atoms with Gasteiger partial charge in [-0.1, -0.05) is 24.3 Å². The standard InChI is InChI=1S/C22H26O4/c1-15-13-19-20(14-16(15)2)22(26-12-10-24-4)18-8-6-5-7-17(18)21(19)25-11-9-23-3/h5-8,13-14H,9-12H2,1-4H3. The van der Waals surface area contributed by atoms with Crippen molar-refractivity contribution in [3.8, 4) is 11.5 Å². The van der Waals surface area contributed by atoms with Crippen LogP contribution in [0.15, 0.2) is 36.4 Å². The molecule has 0 spiro atoms. The van der Waals surface area contributed by atoms with E-state index in [9.17, 15) is 0 Å². The molecule has 0 unspecified atom stereocenters. The van der Waals surface area contributed by atoms with Crippen molar-refractivity contribution in [3.63, 3.8) is 0 Å². The summed E-state index contributed by atoms with van der Waals surface area (Å²) in [5.41, 5.74) is 2.46. The van der Waals surface area contributed by atoms with Crippen LogP contribution in [0.2, 0.25) is 0 Å². The zero-order valence-corrected chi connectivity index (χ0v) is 15.9. The molecule has 0 N–H and O–H groups in total. The van der Waals surface area contributed by atoms with Crippen LogP contribution in [0.3, 0.4) is 0 Å². The van der Waals surface area contributed by atoms with Crippen LogP contribution >= 0.6 is 0 Å². The van der Waals surface area contributed by atoms with Gasteiger partial charge in [-0.25, -0.2) is 0 Å². The molecule has 4 heteroatoms. The summed E-state index contributed by atoms with van der Waals surface area (Å²) >= 11 is 0. The summed E-state index contributed by atoms with van der Waals surface area (Å²) in [6, 6.07) is 12.6. The van der Waals surface area contributed by atoms with Crippen LogP contribution in [-0.2, 0) is 9.47 Å². The number of methoxy groups -OCH3 is 2. The van der Waals surface area contributed by atoms with E-state index in [4.69, 9.17) is 18.9 Å². The summed E-state index contributed by atoms with van der Waals surface area (Å²) in [4.78, 5) is 0. The number of aryl methyl sites for hydroxylation is 2. The monoisotopic (exact) mass is 354 g/mol. The topological polar surface area (TPSA) is 36.9 Å². The van der Waals surface area contributed by atoms with Gasteiger partial charge in [-0.3, -0.25) is 0 Å². The van der Waals surface area contributed by atoms with Crippen molar-refractivity contribution in [2.45, 2.75) is 13.8 Å². The number of fused-ring (bicyclic) bond motifs is 2. The Balaban J connectivity index is 2.26. The lowest BCUT2D eigenvalue weighted by Gasteiger charge is -2.19. The van der Waals surface area contributed by atoms with E-state index in [1.807, 2.05) is 12.1 Å². The molecule has 3 aromatic carbocycles. The van der Waals surface area contributed by atoms with Crippen LogP contribution in [0.25, 0.3) is 21.5 Å². The highest BCUT2D eigenvalue weighted by Crippen LogP contribution is 2.43. The van der Waals surface area contributed by atoms with Crippen LogP contribution in [0.5, 0.6) is 11.5 Å². The Morgan fingerprint density at radius 2 is 1.04 bits per heavy atom. The number of hydrogen-bond acceptors (Lipinski definition) is 4. The highest BCUT2D eigenvalue weighted by Gasteiger charge is 2.17. The third-order valence-electron chi connectivity index (χ3n) is 4.61. The van der Waals surface area contributed by atoms with Crippen molar-refractivity contribution in [3.05, 3.63) is 47.5 Å². The number of rotatable bonds is 8. The third kappa shape index (κ3) is 3.62. The summed E-state index contributed by atoms with van der Waals surface area (Å²) in [6.45, 7) is 6.35. The molecule has 0 heterocycles. The molecule has 0 aromatic heterocycles. The first kappa shape index (κ1) is 18.5. The minimum atomic E-state index is 0.506. The first-order valence-electron chi connectivity index (χ1n) is 8.86. The minimum absolute atomic E-state index is 0.506. The van der Waals surface area contributed by atoms with Gasteiger partial charge in [0, 0.05) is 35.8 Å². The number of benzene rings is 3. The van der Waals surface area contributed by atoms with E-state index >= 15 is 0 Å². The molecule has 26 heavy (non-hydrogen) atoms. The average molecular weight is 354 g/mol. The first-order valence-corrected chi connectivity index (χ1v) is 8.86. The predicted molar refractivity (Wildman–Crippen MR) is 106 cm³/mol. The predicted octanol–water partition coefficient (Wildman–Crippen LogP) is 4.66. The van der Waals surface area contributed by atoms with Gasteiger partial charge in [0.2, 0.25) is 0 Å². The second-order valence-electron chi connectivity index (χ2n) is 6.37. The maximum atomic E-state index is 6.14. The van der Waals surface area contributed by atoms with Crippen molar-refractivity contribution < 1.29 is 18.9 Å². The molecule has 3 rings (SSSR count). The summed E-state index contributed by atoms with van der Waals surface area (Å²) in [5, 5.41) is 4.23. The molecule has 4 nitrogen and oxygen atoms in total. The molecule has 0 atom stereocenters. The molecular weight excluding hydrogens is 328 g/mol.